The Kier molecular flexibility index (Phi) is 18.9. The highest BCUT2D eigenvalue weighted by Crippen LogP contribution is 2.46. The highest BCUT2D eigenvalue weighted by molar-refractivity contribution is 5.97. The van der Waals surface area contributed by atoms with E-state index in [9.17, 15) is 46.7 Å². The first kappa shape index (κ1) is 59.6. The quantitative estimate of drug-likeness (QED) is 0.0529. The minimum absolute atomic E-state index is 0.0704. The van der Waals surface area contributed by atoms with Crippen LogP contribution in [0.1, 0.15) is 92.3 Å². The van der Waals surface area contributed by atoms with Gasteiger partial charge in [-0.05, 0) is 88.8 Å². The number of alkyl halides is 3. The van der Waals surface area contributed by atoms with Crippen LogP contribution in [0.3, 0.4) is 0 Å². The molecule has 1 aromatic carbocycles. The number of rotatable bonds is 20. The van der Waals surface area contributed by atoms with Gasteiger partial charge in [-0.1, -0.05) is 20.8 Å². The molecule has 1 aliphatic carbocycles. The molecule has 422 valence electrons. The molecular weight excluding hydrogens is 1020 g/mol. The number of fused-ring (bicyclic) bond motifs is 5. The van der Waals surface area contributed by atoms with Crippen LogP contribution in [0.15, 0.2) is 16.9 Å². The Morgan fingerprint density at radius 2 is 1.61 bits per heavy atom. The van der Waals surface area contributed by atoms with Crippen LogP contribution < -0.4 is 33.4 Å². The number of nitrogens with one attached hydrogen (secondary N) is 2. The second-order valence-electron chi connectivity index (χ2n) is 20.5. The van der Waals surface area contributed by atoms with Crippen molar-refractivity contribution in [3.8, 4) is 11.4 Å². The van der Waals surface area contributed by atoms with Gasteiger partial charge in [0.1, 0.15) is 30.5 Å². The van der Waals surface area contributed by atoms with Gasteiger partial charge >= 0.3 is 24.1 Å². The lowest BCUT2D eigenvalue weighted by Gasteiger charge is -2.37. The fourth-order valence-corrected chi connectivity index (χ4v) is 10.3. The van der Waals surface area contributed by atoms with Crippen LogP contribution in [0.4, 0.5) is 17.6 Å². The average Bonchev–Trinajstić information content (AvgIpc) is 4.16. The maximum atomic E-state index is 15.3. The van der Waals surface area contributed by atoms with E-state index in [0.717, 1.165) is 41.7 Å². The number of aryl methyl sites for hydroxylation is 1. The van der Waals surface area contributed by atoms with Crippen molar-refractivity contribution < 1.29 is 65.7 Å². The molecule has 5 heterocycles. The topological polar surface area (TPSA) is 308 Å². The number of pyridine rings is 2. The number of aliphatic carboxylic acids is 1. The summed E-state index contributed by atoms with van der Waals surface area (Å²) in [5.74, 6) is -8.37. The van der Waals surface area contributed by atoms with Crippen LogP contribution in [-0.4, -0.2) is 174 Å². The number of carboxylic acids is 1. The third kappa shape index (κ3) is 12.9. The van der Waals surface area contributed by atoms with E-state index in [1.165, 1.54) is 15.5 Å². The summed E-state index contributed by atoms with van der Waals surface area (Å²) in [6.45, 7) is 10.7. The number of benzene rings is 1. The number of esters is 2. The fourth-order valence-electron chi connectivity index (χ4n) is 10.3. The maximum absolute atomic E-state index is 15.3. The Morgan fingerprint density at radius 3 is 2.21 bits per heavy atom. The van der Waals surface area contributed by atoms with Gasteiger partial charge in [-0.3, -0.25) is 28.9 Å². The van der Waals surface area contributed by atoms with Crippen LogP contribution >= 0.6 is 0 Å². The number of nitrogens with zero attached hydrogens (tertiary/aromatic N) is 6. The summed E-state index contributed by atoms with van der Waals surface area (Å²) in [6, 6.07) is -1.19. The Labute approximate surface area is 441 Å². The third-order valence-electron chi connectivity index (χ3n) is 14.7. The van der Waals surface area contributed by atoms with E-state index in [4.69, 9.17) is 41.6 Å². The largest absolute Gasteiger partial charge is 0.490 e. The minimum atomic E-state index is -5.08. The predicted molar refractivity (Wildman–Crippen MR) is 271 cm³/mol. The standard InChI is InChI=1S/C49H68FN11O9.C2HF3O2/c1-8-49(31-20-37-43-29(23-61(37)45(65)30(31)25-69-48(49)68)40-33(52)12-11-28-27(4)32(50)21-34(55-43)41(28)40)70-47(67)42(26(2)3)56-44(64)36-10-9-14-60(36)46(66)35(22-38(53)62)54-39(63)24-59(7)19-18-58(6)17-16-57(5)15-13-51;3-2(4,5)1(6)7/h20-21,26,33,35-36,42H,8-19,22-25,51-52H2,1-7H3,(H2,53,62)(H,54,63)(H,56,64);(H,6,7)/t33-,35-,36-,42-,49-;/m0./s1. The van der Waals surface area contributed by atoms with Gasteiger partial charge in [0.05, 0.1) is 42.0 Å². The monoisotopic (exact) mass is 1090 g/mol. The second-order valence-corrected chi connectivity index (χ2v) is 20.5. The lowest BCUT2D eigenvalue weighted by atomic mass is 9.82. The van der Waals surface area contributed by atoms with Crippen molar-refractivity contribution in [2.24, 2.45) is 23.1 Å². The SMILES string of the molecule is CC[C@@]1(OC(=O)[C@@H](NC(=O)[C@@H]2CCCN2C(=O)[C@H](CC(N)=O)NC(=O)CN(C)CCN(C)CCN(C)CCN)C(C)C)C(=O)OCc2c1cc1n(c2=O)Cc2c-1nc1cc(F)c(C)c3c1c2[C@@H](N)CC3.O=C(O)C(F)(F)F. The van der Waals surface area contributed by atoms with Crippen molar-refractivity contribution >= 4 is 52.4 Å². The van der Waals surface area contributed by atoms with Crippen LogP contribution in [0.2, 0.25) is 0 Å². The Morgan fingerprint density at radius 1 is 0.974 bits per heavy atom. The summed E-state index contributed by atoms with van der Waals surface area (Å²) < 4.78 is 60.3. The summed E-state index contributed by atoms with van der Waals surface area (Å²) in [7, 11) is 5.75. The number of hydrogen-bond acceptors (Lipinski definition) is 16. The molecular formula is C51H69F4N11O11. The zero-order valence-electron chi connectivity index (χ0n) is 44.3. The normalized spacial score (nSPS) is 19.3. The van der Waals surface area contributed by atoms with E-state index in [1.54, 1.807) is 45.7 Å². The molecule has 4 aliphatic rings. The summed E-state index contributed by atoms with van der Waals surface area (Å²) in [4.78, 5) is 118. The van der Waals surface area contributed by atoms with Crippen molar-refractivity contribution in [3.63, 3.8) is 0 Å². The molecule has 7 rings (SSSR count). The van der Waals surface area contributed by atoms with Gasteiger partial charge in [0.25, 0.3) is 5.56 Å². The Balaban J connectivity index is 0.00000128. The first-order valence-corrected chi connectivity index (χ1v) is 25.5. The molecule has 77 heavy (non-hydrogen) atoms. The van der Waals surface area contributed by atoms with Gasteiger partial charge in [0.15, 0.2) is 0 Å². The average molecular weight is 1090 g/mol. The highest BCUT2D eigenvalue weighted by Gasteiger charge is 2.52. The highest BCUT2D eigenvalue weighted by atomic mass is 19.4. The number of aromatic nitrogens is 2. The number of primary amides is 1. The molecule has 0 unspecified atom stereocenters. The zero-order chi connectivity index (χ0) is 57.0. The van der Waals surface area contributed by atoms with Gasteiger partial charge in [-0.25, -0.2) is 23.8 Å². The smallest absolute Gasteiger partial charge is 0.475 e. The molecule has 5 atom stereocenters. The molecule has 0 spiro atoms. The van der Waals surface area contributed by atoms with Crippen molar-refractivity contribution in [3.05, 3.63) is 61.7 Å². The number of hydrogen-bond donors (Lipinski definition) is 6. The number of halogens is 4. The lowest BCUT2D eigenvalue weighted by Crippen LogP contribution is -2.58. The van der Waals surface area contributed by atoms with Crippen LogP contribution in [-0.2, 0) is 68.2 Å². The zero-order valence-corrected chi connectivity index (χ0v) is 44.3. The number of ether oxygens (including phenoxy) is 2. The third-order valence-corrected chi connectivity index (χ3v) is 14.7. The van der Waals surface area contributed by atoms with Crippen LogP contribution in [0.5, 0.6) is 0 Å². The van der Waals surface area contributed by atoms with Crippen molar-refractivity contribution in [1.29, 1.82) is 0 Å². The second kappa shape index (κ2) is 24.4. The summed E-state index contributed by atoms with van der Waals surface area (Å²) in [6.07, 6.45) is -3.95. The molecule has 1 fully saturated rings. The molecule has 2 aromatic heterocycles. The van der Waals surface area contributed by atoms with Gasteiger partial charge in [0, 0.05) is 74.4 Å². The predicted octanol–water partition coefficient (Wildman–Crippen LogP) is 0.903. The van der Waals surface area contributed by atoms with Crippen LogP contribution in [0.25, 0.3) is 22.3 Å². The Bertz CT molecular complexity index is 2860. The van der Waals surface area contributed by atoms with Crippen molar-refractivity contribution in [2.45, 2.75) is 115 Å². The van der Waals surface area contributed by atoms with E-state index in [0.29, 0.717) is 61.4 Å². The number of cyclic esters (lactones) is 1. The van der Waals surface area contributed by atoms with Gasteiger partial charge in [-0.2, -0.15) is 13.2 Å². The molecule has 0 radical (unpaired) electrons. The number of carbonyl (C=O) groups excluding carboxylic acids is 6. The number of carbonyl (C=O) groups is 7. The van der Waals surface area contributed by atoms with Gasteiger partial charge in [-0.15, -0.1) is 0 Å². The number of likely N-dealkylation sites (N-methyl/N-ethyl adjacent to an activating group) is 3. The summed E-state index contributed by atoms with van der Waals surface area (Å²) in [5.41, 5.74) is 19.6. The van der Waals surface area contributed by atoms with E-state index >= 15 is 4.39 Å². The number of carboxylic acid groups (broad SMARTS) is 1. The number of nitrogens with two attached hydrogens (primary N) is 3. The van der Waals surface area contributed by atoms with Crippen molar-refractivity contribution in [2.75, 3.05) is 73.5 Å². The lowest BCUT2D eigenvalue weighted by molar-refractivity contribution is -0.192. The summed E-state index contributed by atoms with van der Waals surface area (Å²) in [5, 5.41) is 13.3. The molecule has 9 N–H and O–H groups in total. The van der Waals surface area contributed by atoms with E-state index < -0.39 is 101 Å². The van der Waals surface area contributed by atoms with Gasteiger partial charge in [0.2, 0.25) is 29.2 Å². The minimum Gasteiger partial charge on any atom is -0.475 e. The number of likely N-dealkylation sites (tertiary alicyclic amines) is 1. The first-order valence-electron chi connectivity index (χ1n) is 25.5. The molecule has 4 amide bonds. The number of amides is 4. The molecule has 26 heteroatoms. The molecule has 1 saturated heterocycles. The maximum Gasteiger partial charge on any atom is 0.490 e. The molecule has 3 aromatic rings. The Hall–Kier alpha value is -6.61. The van der Waals surface area contributed by atoms with Gasteiger partial charge < -0.3 is 61.7 Å². The molecule has 0 bridgehead atoms. The van der Waals surface area contributed by atoms with Crippen molar-refractivity contribution in [1.82, 2.24) is 39.8 Å². The molecule has 0 saturated carbocycles. The summed E-state index contributed by atoms with van der Waals surface area (Å²) >= 11 is 0. The first-order chi connectivity index (χ1) is 36.1. The van der Waals surface area contributed by atoms with Crippen LogP contribution in [0, 0.1) is 18.7 Å². The van der Waals surface area contributed by atoms with E-state index in [1.807, 2.05) is 14.1 Å². The molecule has 22 nitrogen and oxygen atoms in total. The fraction of sp³-hybridized carbons (Fsp3) is 0.588. The molecule has 3 aliphatic heterocycles. The van der Waals surface area contributed by atoms with E-state index in [2.05, 4.69) is 20.4 Å². The van der Waals surface area contributed by atoms with E-state index in [-0.39, 0.29) is 50.2 Å².